The van der Waals surface area contributed by atoms with Crippen LogP contribution in [0.2, 0.25) is 5.02 Å². The molecule has 4 rings (SSSR count). The summed E-state index contributed by atoms with van der Waals surface area (Å²) in [6, 6.07) is 10.4. The summed E-state index contributed by atoms with van der Waals surface area (Å²) >= 11 is 9.65. The lowest BCUT2D eigenvalue weighted by Crippen LogP contribution is -2.02. The van der Waals surface area contributed by atoms with Gasteiger partial charge in [-0.2, -0.15) is 9.97 Å². The normalized spacial score (nSPS) is 10.8. The first-order chi connectivity index (χ1) is 14.8. The molecule has 2 aromatic heterocycles. The maximum Gasteiger partial charge on any atom is 0.393 e. The number of aryl methyl sites for hydroxylation is 2. The van der Waals surface area contributed by atoms with Crippen molar-refractivity contribution in [2.45, 2.75) is 13.8 Å². The quantitative estimate of drug-likeness (QED) is 0.226. The smallest absolute Gasteiger partial charge is 0.393 e. The van der Waals surface area contributed by atoms with Gasteiger partial charge >= 0.3 is 17.4 Å². The van der Waals surface area contributed by atoms with Crippen molar-refractivity contribution in [2.75, 3.05) is 0 Å². The maximum atomic E-state index is 11.9. The van der Waals surface area contributed by atoms with E-state index in [-0.39, 0.29) is 11.8 Å². The van der Waals surface area contributed by atoms with Gasteiger partial charge in [-0.25, -0.2) is 0 Å². The van der Waals surface area contributed by atoms with Gasteiger partial charge in [0, 0.05) is 21.1 Å². The minimum atomic E-state index is -0.644. The van der Waals surface area contributed by atoms with Crippen LogP contribution in [0.25, 0.3) is 10.9 Å². The van der Waals surface area contributed by atoms with Crippen LogP contribution in [0.4, 0.5) is 5.69 Å². The molecule has 10 heteroatoms. The van der Waals surface area contributed by atoms with Crippen LogP contribution >= 0.6 is 27.5 Å². The largest absolute Gasteiger partial charge is 0.433 e. The Labute approximate surface area is 190 Å². The van der Waals surface area contributed by atoms with Crippen LogP contribution in [-0.4, -0.2) is 19.9 Å². The molecule has 4 aromatic rings. The standard InChI is InChI=1S/C21H14BrClN4O4/c1-11-8-13(9-12(2)17(11)23)30-20-19(27(28)29)21(26-10-25-20)31-16-6-5-15(22)14-4-3-7-24-18(14)16/h3-10H,1-2H3. The van der Waals surface area contributed by atoms with E-state index in [4.69, 9.17) is 21.1 Å². The minimum absolute atomic E-state index is 0.245. The highest BCUT2D eigenvalue weighted by Gasteiger charge is 2.28. The number of aromatic nitrogens is 3. The molecule has 156 valence electrons. The fourth-order valence-electron chi connectivity index (χ4n) is 3.03. The van der Waals surface area contributed by atoms with Crippen molar-refractivity contribution in [2.24, 2.45) is 0 Å². The second-order valence-corrected chi connectivity index (χ2v) is 7.84. The van der Waals surface area contributed by atoms with E-state index in [1.54, 1.807) is 36.5 Å². The Hall–Kier alpha value is -3.30. The Balaban J connectivity index is 1.77. The summed E-state index contributed by atoms with van der Waals surface area (Å²) in [4.78, 5) is 23.4. The summed E-state index contributed by atoms with van der Waals surface area (Å²) in [6.07, 6.45) is 2.75. The molecule has 0 unspecified atom stereocenters. The molecule has 0 fully saturated rings. The molecule has 8 nitrogen and oxygen atoms in total. The molecule has 0 aliphatic heterocycles. The maximum absolute atomic E-state index is 11.9. The Bertz CT molecular complexity index is 1310. The zero-order valence-electron chi connectivity index (χ0n) is 16.3. The van der Waals surface area contributed by atoms with Gasteiger partial charge in [-0.3, -0.25) is 15.1 Å². The van der Waals surface area contributed by atoms with E-state index < -0.39 is 10.6 Å². The highest BCUT2D eigenvalue weighted by Crippen LogP contribution is 2.40. The van der Waals surface area contributed by atoms with E-state index in [9.17, 15) is 10.1 Å². The van der Waals surface area contributed by atoms with Gasteiger partial charge in [0.1, 0.15) is 17.6 Å². The van der Waals surface area contributed by atoms with Crippen molar-refractivity contribution in [3.8, 4) is 23.3 Å². The number of hydrogen-bond acceptors (Lipinski definition) is 7. The number of rotatable bonds is 5. The Kier molecular flexibility index (Phi) is 5.71. The van der Waals surface area contributed by atoms with Crippen LogP contribution in [0.1, 0.15) is 11.1 Å². The molecular formula is C21H14BrClN4O4. The van der Waals surface area contributed by atoms with Gasteiger partial charge in [0.25, 0.3) is 0 Å². The van der Waals surface area contributed by atoms with Gasteiger partial charge in [0.05, 0.1) is 4.92 Å². The van der Waals surface area contributed by atoms with Gasteiger partial charge in [0.2, 0.25) is 0 Å². The van der Waals surface area contributed by atoms with Gasteiger partial charge in [-0.1, -0.05) is 33.6 Å². The van der Waals surface area contributed by atoms with Crippen molar-refractivity contribution in [3.05, 3.63) is 79.7 Å². The lowest BCUT2D eigenvalue weighted by atomic mass is 10.1. The number of benzene rings is 2. The van der Waals surface area contributed by atoms with E-state index in [0.29, 0.717) is 22.0 Å². The Morgan fingerprint density at radius 1 is 1.03 bits per heavy atom. The molecule has 0 radical (unpaired) electrons. The molecule has 2 heterocycles. The molecule has 0 saturated heterocycles. The highest BCUT2D eigenvalue weighted by atomic mass is 79.9. The number of pyridine rings is 1. The molecule has 0 N–H and O–H groups in total. The second kappa shape index (κ2) is 8.44. The molecule has 0 spiro atoms. The number of halogens is 2. The van der Waals surface area contributed by atoms with Crippen molar-refractivity contribution in [3.63, 3.8) is 0 Å². The number of hydrogen-bond donors (Lipinski definition) is 0. The highest BCUT2D eigenvalue weighted by molar-refractivity contribution is 9.10. The Morgan fingerprint density at radius 2 is 1.71 bits per heavy atom. The zero-order valence-corrected chi connectivity index (χ0v) is 18.6. The summed E-state index contributed by atoms with van der Waals surface area (Å²) in [5, 5.41) is 13.2. The van der Waals surface area contributed by atoms with Crippen molar-refractivity contribution in [1.82, 2.24) is 15.0 Å². The van der Waals surface area contributed by atoms with Crippen molar-refractivity contribution in [1.29, 1.82) is 0 Å². The molecule has 2 aromatic carbocycles. The monoisotopic (exact) mass is 500 g/mol. The topological polar surface area (TPSA) is 100 Å². The molecule has 0 aliphatic carbocycles. The van der Waals surface area contributed by atoms with E-state index in [2.05, 4.69) is 30.9 Å². The number of nitrogens with zero attached hydrogens (tertiary/aromatic N) is 4. The first-order valence-corrected chi connectivity index (χ1v) is 10.2. The average Bonchev–Trinajstić information content (AvgIpc) is 2.74. The summed E-state index contributed by atoms with van der Waals surface area (Å²) in [5.41, 5.74) is 1.57. The third-order valence-corrected chi connectivity index (χ3v) is 5.74. The van der Waals surface area contributed by atoms with Crippen LogP contribution in [0.15, 0.2) is 53.4 Å². The summed E-state index contributed by atoms with van der Waals surface area (Å²) in [5.74, 6) is 0.171. The summed E-state index contributed by atoms with van der Waals surface area (Å²) in [7, 11) is 0. The molecule has 0 bridgehead atoms. The predicted molar refractivity (Wildman–Crippen MR) is 119 cm³/mol. The third kappa shape index (κ3) is 4.14. The van der Waals surface area contributed by atoms with Crippen molar-refractivity contribution < 1.29 is 14.4 Å². The fraction of sp³-hybridized carbons (Fsp3) is 0.0952. The lowest BCUT2D eigenvalue weighted by Gasteiger charge is -2.11. The number of fused-ring (bicyclic) bond motifs is 1. The van der Waals surface area contributed by atoms with E-state index in [1.165, 1.54) is 0 Å². The third-order valence-electron chi connectivity index (χ3n) is 4.45. The Morgan fingerprint density at radius 3 is 2.39 bits per heavy atom. The summed E-state index contributed by atoms with van der Waals surface area (Å²) in [6.45, 7) is 3.63. The average molecular weight is 502 g/mol. The SMILES string of the molecule is Cc1cc(Oc2ncnc(Oc3ccc(Br)c4cccnc34)c2[N+](=O)[O-])cc(C)c1Cl. The van der Waals surface area contributed by atoms with Gasteiger partial charge in [-0.05, 0) is 55.3 Å². The second-order valence-electron chi connectivity index (χ2n) is 6.61. The van der Waals surface area contributed by atoms with Crippen LogP contribution in [0, 0.1) is 24.0 Å². The summed E-state index contributed by atoms with van der Waals surface area (Å²) < 4.78 is 12.3. The van der Waals surface area contributed by atoms with Crippen LogP contribution < -0.4 is 9.47 Å². The van der Waals surface area contributed by atoms with Crippen molar-refractivity contribution >= 4 is 44.1 Å². The van der Waals surface area contributed by atoms with Crippen LogP contribution in [0.5, 0.6) is 23.3 Å². The molecule has 0 aliphatic rings. The minimum Gasteiger partial charge on any atom is -0.433 e. The molecule has 0 amide bonds. The first-order valence-electron chi connectivity index (χ1n) is 9.00. The molecule has 31 heavy (non-hydrogen) atoms. The molecule has 0 saturated carbocycles. The number of ether oxygens (including phenoxy) is 2. The van der Waals surface area contributed by atoms with E-state index >= 15 is 0 Å². The van der Waals surface area contributed by atoms with Gasteiger partial charge < -0.3 is 9.47 Å². The van der Waals surface area contributed by atoms with Gasteiger partial charge in [-0.15, -0.1) is 0 Å². The van der Waals surface area contributed by atoms with E-state index in [0.717, 1.165) is 27.3 Å². The van der Waals surface area contributed by atoms with Crippen LogP contribution in [0.3, 0.4) is 0 Å². The lowest BCUT2D eigenvalue weighted by molar-refractivity contribution is -0.387. The predicted octanol–water partition coefficient (Wildman–Crippen LogP) is 6.55. The molecular weight excluding hydrogens is 488 g/mol. The van der Waals surface area contributed by atoms with Gasteiger partial charge in [0.15, 0.2) is 5.75 Å². The van der Waals surface area contributed by atoms with Crippen LogP contribution in [-0.2, 0) is 0 Å². The zero-order chi connectivity index (χ0) is 22.1. The fourth-order valence-corrected chi connectivity index (χ4v) is 3.59. The van der Waals surface area contributed by atoms with E-state index in [1.807, 2.05) is 19.9 Å². The first kappa shape index (κ1) is 21.0. The number of nitro groups is 1. The molecule has 0 atom stereocenters.